The van der Waals surface area contributed by atoms with Gasteiger partial charge in [-0.1, -0.05) is 12.1 Å². The summed E-state index contributed by atoms with van der Waals surface area (Å²) in [6.07, 6.45) is 2.53. The van der Waals surface area contributed by atoms with Crippen LogP contribution < -0.4 is 15.4 Å². The first kappa shape index (κ1) is 21.6. The number of hydrogen-bond donors (Lipinski definition) is 2. The third-order valence-electron chi connectivity index (χ3n) is 5.88. The van der Waals surface area contributed by atoms with Crippen LogP contribution in [0.3, 0.4) is 0 Å². The number of methoxy groups -OCH3 is 1. The summed E-state index contributed by atoms with van der Waals surface area (Å²) < 4.78 is 7.54. The highest BCUT2D eigenvalue weighted by Crippen LogP contribution is 2.26. The second-order valence-electron chi connectivity index (χ2n) is 7.87. The summed E-state index contributed by atoms with van der Waals surface area (Å²) in [6, 6.07) is 18.6. The predicted octanol–water partition coefficient (Wildman–Crippen LogP) is 4.15. The minimum atomic E-state index is -0.240. The van der Waals surface area contributed by atoms with E-state index in [4.69, 9.17) is 4.74 Å². The Morgan fingerprint density at radius 1 is 1.00 bits per heavy atom. The molecule has 2 amide bonds. The van der Waals surface area contributed by atoms with Gasteiger partial charge in [-0.05, 0) is 55.5 Å². The molecule has 32 heavy (non-hydrogen) atoms. The number of nitrogens with zero attached hydrogens (tertiary/aromatic N) is 2. The van der Waals surface area contributed by atoms with E-state index in [1.54, 1.807) is 43.5 Å². The van der Waals surface area contributed by atoms with Gasteiger partial charge in [0.1, 0.15) is 5.75 Å². The van der Waals surface area contributed by atoms with Crippen molar-refractivity contribution >= 4 is 23.2 Å². The Bertz CT molecular complexity index is 1090. The van der Waals surface area contributed by atoms with Gasteiger partial charge in [0.15, 0.2) is 0 Å². The summed E-state index contributed by atoms with van der Waals surface area (Å²) in [6.45, 7) is 4.77. The molecule has 0 aliphatic carbocycles. The van der Waals surface area contributed by atoms with Gasteiger partial charge in [-0.3, -0.25) is 14.5 Å². The van der Waals surface area contributed by atoms with Crippen LogP contribution in [0.15, 0.2) is 66.9 Å². The van der Waals surface area contributed by atoms with Gasteiger partial charge in [0.05, 0.1) is 12.8 Å². The number of fused-ring (bicyclic) bond motifs is 1. The standard InChI is InChI=1S/C25H28N4O3/c1-18-22-7-5-14-29(22)17-16-28(18)15-13-24(30)26-20-11-9-19(10-12-20)25(31)27-21-6-3-4-8-23(21)32-2/h3-12,14,18H,13,15-17H2,1-2H3,(H,26,30)(H,27,31). The number of aromatic nitrogens is 1. The summed E-state index contributed by atoms with van der Waals surface area (Å²) in [7, 11) is 1.56. The van der Waals surface area contributed by atoms with Crippen molar-refractivity contribution < 1.29 is 14.3 Å². The van der Waals surface area contributed by atoms with Crippen LogP contribution in [0.5, 0.6) is 5.75 Å². The minimum Gasteiger partial charge on any atom is -0.495 e. The van der Waals surface area contributed by atoms with Crippen molar-refractivity contribution in [3.63, 3.8) is 0 Å². The maximum atomic E-state index is 12.5. The lowest BCUT2D eigenvalue weighted by molar-refractivity contribution is -0.116. The topological polar surface area (TPSA) is 75.6 Å². The molecular weight excluding hydrogens is 404 g/mol. The number of carbonyl (C=O) groups is 2. The number of ether oxygens (including phenoxy) is 1. The van der Waals surface area contributed by atoms with Gasteiger partial charge >= 0.3 is 0 Å². The van der Waals surface area contributed by atoms with Crippen molar-refractivity contribution in [2.75, 3.05) is 30.8 Å². The summed E-state index contributed by atoms with van der Waals surface area (Å²) in [4.78, 5) is 27.3. The van der Waals surface area contributed by atoms with Gasteiger partial charge in [-0.2, -0.15) is 0 Å². The molecule has 1 aliphatic rings. The van der Waals surface area contributed by atoms with Crippen molar-refractivity contribution in [1.29, 1.82) is 0 Å². The Kier molecular flexibility index (Phi) is 6.56. The van der Waals surface area contributed by atoms with Crippen molar-refractivity contribution in [2.24, 2.45) is 0 Å². The number of rotatable bonds is 7. The first-order valence-electron chi connectivity index (χ1n) is 10.8. The summed E-state index contributed by atoms with van der Waals surface area (Å²) in [5.74, 6) is 0.321. The number of hydrogen-bond acceptors (Lipinski definition) is 4. The van der Waals surface area contributed by atoms with Gasteiger partial charge in [-0.15, -0.1) is 0 Å². The Morgan fingerprint density at radius 2 is 1.78 bits per heavy atom. The molecular formula is C25H28N4O3. The highest BCUT2D eigenvalue weighted by Gasteiger charge is 2.23. The molecule has 1 unspecified atom stereocenters. The molecule has 3 aromatic rings. The van der Waals surface area contributed by atoms with Crippen LogP contribution in [0.25, 0.3) is 0 Å². The largest absolute Gasteiger partial charge is 0.495 e. The SMILES string of the molecule is COc1ccccc1NC(=O)c1ccc(NC(=O)CCN2CCn3cccc3C2C)cc1. The zero-order valence-electron chi connectivity index (χ0n) is 18.4. The van der Waals surface area contributed by atoms with Crippen molar-refractivity contribution in [1.82, 2.24) is 9.47 Å². The zero-order chi connectivity index (χ0) is 22.5. The Hall–Kier alpha value is -3.58. The van der Waals surface area contributed by atoms with E-state index in [0.717, 1.165) is 13.1 Å². The van der Waals surface area contributed by atoms with Gasteiger partial charge in [0, 0.05) is 55.2 Å². The Balaban J connectivity index is 1.29. The fourth-order valence-electron chi connectivity index (χ4n) is 4.05. The minimum absolute atomic E-state index is 0.0376. The van der Waals surface area contributed by atoms with E-state index in [0.29, 0.717) is 41.7 Å². The van der Waals surface area contributed by atoms with Gasteiger partial charge < -0.3 is 19.9 Å². The molecule has 166 valence electrons. The van der Waals surface area contributed by atoms with E-state index in [1.807, 2.05) is 12.1 Å². The molecule has 0 saturated carbocycles. The van der Waals surface area contributed by atoms with Crippen LogP contribution in [-0.2, 0) is 11.3 Å². The lowest BCUT2D eigenvalue weighted by atomic mass is 10.1. The smallest absolute Gasteiger partial charge is 0.255 e. The quantitative estimate of drug-likeness (QED) is 0.588. The molecule has 0 radical (unpaired) electrons. The predicted molar refractivity (Wildman–Crippen MR) is 125 cm³/mol. The van der Waals surface area contributed by atoms with Crippen LogP contribution in [0, 0.1) is 0 Å². The van der Waals surface area contributed by atoms with E-state index >= 15 is 0 Å². The first-order valence-corrected chi connectivity index (χ1v) is 10.8. The van der Waals surface area contributed by atoms with Crippen LogP contribution >= 0.6 is 0 Å². The summed E-state index contributed by atoms with van der Waals surface area (Å²) >= 11 is 0. The molecule has 7 nitrogen and oxygen atoms in total. The molecule has 0 spiro atoms. The van der Waals surface area contributed by atoms with Crippen molar-refractivity contribution in [3.05, 3.63) is 78.1 Å². The first-order chi connectivity index (χ1) is 15.5. The average molecular weight is 433 g/mol. The summed E-state index contributed by atoms with van der Waals surface area (Å²) in [5, 5.41) is 5.77. The van der Waals surface area contributed by atoms with Crippen molar-refractivity contribution in [2.45, 2.75) is 25.9 Å². The highest BCUT2D eigenvalue weighted by atomic mass is 16.5. The zero-order valence-corrected chi connectivity index (χ0v) is 18.4. The number of para-hydroxylation sites is 2. The fraction of sp³-hybridized carbons (Fsp3) is 0.280. The van der Waals surface area contributed by atoms with E-state index < -0.39 is 0 Å². The molecule has 1 aromatic heterocycles. The molecule has 0 bridgehead atoms. The highest BCUT2D eigenvalue weighted by molar-refractivity contribution is 6.05. The van der Waals surface area contributed by atoms with Gasteiger partial charge in [0.25, 0.3) is 5.91 Å². The molecule has 7 heteroatoms. The fourth-order valence-corrected chi connectivity index (χ4v) is 4.05. The molecule has 0 saturated heterocycles. The third kappa shape index (κ3) is 4.84. The van der Waals surface area contributed by atoms with E-state index in [-0.39, 0.29) is 11.8 Å². The molecule has 4 rings (SSSR count). The summed E-state index contributed by atoms with van der Waals surface area (Å²) in [5.41, 5.74) is 3.07. The number of carbonyl (C=O) groups excluding carboxylic acids is 2. The van der Waals surface area contributed by atoms with Crippen LogP contribution in [0.1, 0.15) is 35.4 Å². The number of anilines is 2. The van der Waals surface area contributed by atoms with Crippen LogP contribution in [-0.4, -0.2) is 41.5 Å². The molecule has 2 N–H and O–H groups in total. The van der Waals surface area contributed by atoms with Crippen molar-refractivity contribution in [3.8, 4) is 5.75 Å². The maximum Gasteiger partial charge on any atom is 0.255 e. The van der Waals surface area contributed by atoms with Crippen LogP contribution in [0.4, 0.5) is 11.4 Å². The molecule has 2 aromatic carbocycles. The Labute approximate surface area is 188 Å². The monoisotopic (exact) mass is 432 g/mol. The maximum absolute atomic E-state index is 12.5. The molecule has 0 fully saturated rings. The van der Waals surface area contributed by atoms with E-state index in [1.165, 1.54) is 5.69 Å². The van der Waals surface area contributed by atoms with Gasteiger partial charge in [-0.25, -0.2) is 0 Å². The number of amides is 2. The normalized spacial score (nSPS) is 15.6. The van der Waals surface area contributed by atoms with Gasteiger partial charge in [0.2, 0.25) is 5.91 Å². The van der Waals surface area contributed by atoms with Crippen LogP contribution in [0.2, 0.25) is 0 Å². The lowest BCUT2D eigenvalue weighted by Crippen LogP contribution is -2.38. The second kappa shape index (κ2) is 9.70. The average Bonchev–Trinajstić information content (AvgIpc) is 3.29. The Morgan fingerprint density at radius 3 is 2.56 bits per heavy atom. The number of benzene rings is 2. The molecule has 2 heterocycles. The van der Waals surface area contributed by atoms with E-state index in [2.05, 4.69) is 45.4 Å². The second-order valence-corrected chi connectivity index (χ2v) is 7.87. The molecule has 1 atom stereocenters. The third-order valence-corrected chi connectivity index (χ3v) is 5.88. The van der Waals surface area contributed by atoms with E-state index in [9.17, 15) is 9.59 Å². The number of nitrogens with one attached hydrogen (secondary N) is 2. The lowest BCUT2D eigenvalue weighted by Gasteiger charge is -2.34. The molecule has 1 aliphatic heterocycles.